The Morgan fingerprint density at radius 3 is 2.53 bits per heavy atom. The number of carbonyl (C=O) groups excluding carboxylic acids is 1. The van der Waals surface area contributed by atoms with E-state index in [-0.39, 0.29) is 9.90 Å². The summed E-state index contributed by atoms with van der Waals surface area (Å²) in [4.78, 5) is 15.0. The molecule has 0 aliphatic rings. The van der Waals surface area contributed by atoms with Crippen molar-refractivity contribution in [2.24, 2.45) is 0 Å². The molecule has 6 nitrogen and oxygen atoms in total. The molecule has 0 spiro atoms. The topological polar surface area (TPSA) is 85.4 Å². The van der Waals surface area contributed by atoms with Crippen LogP contribution in [0.4, 0.5) is 0 Å². The smallest absolute Gasteiger partial charge is 0.358 e. The average molecular weight is 278 g/mol. The number of esters is 1. The van der Waals surface area contributed by atoms with Gasteiger partial charge in [0, 0.05) is 5.54 Å². The standard InChI is InChI=1S/C9H14N2O4S2/c1-9(2,3)11-17(13,14)8-6(7(12)15-4)10-5-16-8/h5,11H,1-4H3. The first-order valence-electron chi connectivity index (χ1n) is 4.73. The maximum atomic E-state index is 12.0. The van der Waals surface area contributed by atoms with Crippen molar-refractivity contribution in [2.75, 3.05) is 7.11 Å². The van der Waals surface area contributed by atoms with Crippen LogP contribution in [0.15, 0.2) is 9.72 Å². The predicted octanol–water partition coefficient (Wildman–Crippen LogP) is 1.01. The van der Waals surface area contributed by atoms with Gasteiger partial charge in [-0.05, 0) is 20.8 Å². The molecule has 1 heterocycles. The minimum absolute atomic E-state index is 0.126. The summed E-state index contributed by atoms with van der Waals surface area (Å²) in [7, 11) is -2.58. The van der Waals surface area contributed by atoms with Crippen LogP contribution in [0.2, 0.25) is 0 Å². The van der Waals surface area contributed by atoms with Gasteiger partial charge in [0.25, 0.3) is 10.0 Å². The highest BCUT2D eigenvalue weighted by molar-refractivity contribution is 7.91. The number of nitrogens with zero attached hydrogens (tertiary/aromatic N) is 1. The van der Waals surface area contributed by atoms with Gasteiger partial charge in [-0.1, -0.05) is 0 Å². The Labute approximate surface area is 104 Å². The third-order valence-corrected chi connectivity index (χ3v) is 4.73. The lowest BCUT2D eigenvalue weighted by atomic mass is 10.1. The molecule has 96 valence electrons. The van der Waals surface area contributed by atoms with Crippen molar-refractivity contribution in [2.45, 2.75) is 30.5 Å². The van der Waals surface area contributed by atoms with Crippen molar-refractivity contribution < 1.29 is 17.9 Å². The van der Waals surface area contributed by atoms with Crippen LogP contribution in [0.25, 0.3) is 0 Å². The van der Waals surface area contributed by atoms with E-state index >= 15 is 0 Å². The molecule has 0 atom stereocenters. The van der Waals surface area contributed by atoms with Gasteiger partial charge >= 0.3 is 5.97 Å². The van der Waals surface area contributed by atoms with Crippen LogP contribution in [0.5, 0.6) is 0 Å². The fourth-order valence-electron chi connectivity index (χ4n) is 1.11. The molecule has 0 amide bonds. The summed E-state index contributed by atoms with van der Waals surface area (Å²) in [6.45, 7) is 5.14. The summed E-state index contributed by atoms with van der Waals surface area (Å²) in [5, 5.41) is 0. The van der Waals surface area contributed by atoms with Gasteiger partial charge in [0.05, 0.1) is 12.6 Å². The number of aromatic nitrogens is 1. The number of sulfonamides is 1. The summed E-state index contributed by atoms with van der Waals surface area (Å²) in [6, 6.07) is 0. The number of hydrogen-bond acceptors (Lipinski definition) is 6. The number of carbonyl (C=O) groups is 1. The van der Waals surface area contributed by atoms with Gasteiger partial charge in [-0.3, -0.25) is 0 Å². The van der Waals surface area contributed by atoms with Gasteiger partial charge in [-0.25, -0.2) is 22.9 Å². The molecule has 0 aliphatic carbocycles. The molecular formula is C9H14N2O4S2. The average Bonchev–Trinajstić information content (AvgIpc) is 2.61. The molecule has 1 aromatic heterocycles. The Kier molecular flexibility index (Phi) is 3.90. The maximum absolute atomic E-state index is 12.0. The van der Waals surface area contributed by atoms with E-state index in [9.17, 15) is 13.2 Å². The third kappa shape index (κ3) is 3.48. The minimum atomic E-state index is -3.76. The van der Waals surface area contributed by atoms with Crippen molar-refractivity contribution >= 4 is 27.3 Å². The van der Waals surface area contributed by atoms with Crippen LogP contribution in [-0.2, 0) is 14.8 Å². The van der Waals surface area contributed by atoms with Crippen molar-refractivity contribution in [3.8, 4) is 0 Å². The molecule has 0 saturated carbocycles. The Hall–Kier alpha value is -0.990. The monoisotopic (exact) mass is 278 g/mol. The molecule has 17 heavy (non-hydrogen) atoms. The predicted molar refractivity (Wildman–Crippen MR) is 63.5 cm³/mol. The lowest BCUT2D eigenvalue weighted by Crippen LogP contribution is -2.40. The molecule has 1 rings (SSSR count). The first-order chi connectivity index (χ1) is 7.67. The van der Waals surface area contributed by atoms with E-state index in [1.165, 1.54) is 12.6 Å². The molecular weight excluding hydrogens is 264 g/mol. The van der Waals surface area contributed by atoms with Gasteiger partial charge in [0.2, 0.25) is 0 Å². The number of thiazole rings is 1. The van der Waals surface area contributed by atoms with Crippen molar-refractivity contribution in [3.05, 3.63) is 11.2 Å². The van der Waals surface area contributed by atoms with Crippen molar-refractivity contribution in [1.29, 1.82) is 0 Å². The first-order valence-corrected chi connectivity index (χ1v) is 7.09. The molecule has 0 aromatic carbocycles. The van der Waals surface area contributed by atoms with E-state index in [2.05, 4.69) is 14.4 Å². The molecule has 8 heteroatoms. The summed E-state index contributed by atoms with van der Waals surface area (Å²) in [6.07, 6.45) is 0. The van der Waals surface area contributed by atoms with Gasteiger partial charge in [0.1, 0.15) is 0 Å². The summed E-state index contributed by atoms with van der Waals surface area (Å²) >= 11 is 0.878. The summed E-state index contributed by atoms with van der Waals surface area (Å²) in [5.41, 5.74) is 0.480. The summed E-state index contributed by atoms with van der Waals surface area (Å²) < 4.78 is 30.8. The van der Waals surface area contributed by atoms with Crippen LogP contribution >= 0.6 is 11.3 Å². The lowest BCUT2D eigenvalue weighted by molar-refractivity contribution is 0.0590. The highest BCUT2D eigenvalue weighted by atomic mass is 32.2. The maximum Gasteiger partial charge on any atom is 0.358 e. The second-order valence-corrected chi connectivity index (χ2v) is 7.07. The molecule has 1 aromatic rings. The van der Waals surface area contributed by atoms with E-state index in [1.54, 1.807) is 20.8 Å². The Bertz CT molecular complexity index is 513. The number of methoxy groups -OCH3 is 1. The molecule has 1 N–H and O–H groups in total. The second kappa shape index (κ2) is 4.71. The largest absolute Gasteiger partial charge is 0.464 e. The fraction of sp³-hybridized carbons (Fsp3) is 0.556. The highest BCUT2D eigenvalue weighted by Crippen LogP contribution is 2.22. The molecule has 0 bridgehead atoms. The molecule has 0 radical (unpaired) electrons. The quantitative estimate of drug-likeness (QED) is 0.834. The van der Waals surface area contributed by atoms with Crippen LogP contribution < -0.4 is 4.72 Å². The van der Waals surface area contributed by atoms with Crippen LogP contribution in [0.1, 0.15) is 31.3 Å². The van der Waals surface area contributed by atoms with E-state index in [4.69, 9.17) is 0 Å². The SMILES string of the molecule is COC(=O)c1ncsc1S(=O)(=O)NC(C)(C)C. The van der Waals surface area contributed by atoms with E-state index in [0.717, 1.165) is 11.3 Å². The highest BCUT2D eigenvalue weighted by Gasteiger charge is 2.29. The van der Waals surface area contributed by atoms with Crippen LogP contribution in [0, 0.1) is 0 Å². The zero-order valence-corrected chi connectivity index (χ0v) is 11.6. The van der Waals surface area contributed by atoms with Crippen molar-refractivity contribution in [3.63, 3.8) is 0 Å². The van der Waals surface area contributed by atoms with E-state index in [1.807, 2.05) is 0 Å². The number of ether oxygens (including phenoxy) is 1. The third-order valence-electron chi connectivity index (χ3n) is 1.60. The van der Waals surface area contributed by atoms with Crippen molar-refractivity contribution in [1.82, 2.24) is 9.71 Å². The minimum Gasteiger partial charge on any atom is -0.464 e. The second-order valence-electron chi connectivity index (χ2n) is 4.34. The first kappa shape index (κ1) is 14.1. The van der Waals surface area contributed by atoms with Gasteiger partial charge in [-0.15, -0.1) is 11.3 Å². The zero-order valence-electron chi connectivity index (χ0n) is 9.97. The molecule has 0 saturated heterocycles. The van der Waals surface area contributed by atoms with Gasteiger partial charge in [0.15, 0.2) is 9.90 Å². The Balaban J connectivity index is 3.17. The van der Waals surface area contributed by atoms with E-state index in [0.29, 0.717) is 0 Å². The number of rotatable bonds is 3. The number of nitrogens with one attached hydrogen (secondary N) is 1. The zero-order chi connectivity index (χ0) is 13.3. The van der Waals surface area contributed by atoms with Gasteiger partial charge < -0.3 is 4.74 Å². The normalized spacial score (nSPS) is 12.5. The molecule has 0 fully saturated rings. The van der Waals surface area contributed by atoms with E-state index < -0.39 is 21.5 Å². The lowest BCUT2D eigenvalue weighted by Gasteiger charge is -2.19. The molecule has 0 aliphatic heterocycles. The Morgan fingerprint density at radius 2 is 2.06 bits per heavy atom. The fourth-order valence-corrected chi connectivity index (χ4v) is 3.66. The van der Waals surface area contributed by atoms with Gasteiger partial charge in [-0.2, -0.15) is 0 Å². The molecule has 0 unspecified atom stereocenters. The Morgan fingerprint density at radius 1 is 1.47 bits per heavy atom. The number of hydrogen-bond donors (Lipinski definition) is 1. The van der Waals surface area contributed by atoms with Crippen LogP contribution in [-0.4, -0.2) is 32.0 Å². The summed E-state index contributed by atoms with van der Waals surface area (Å²) in [5.74, 6) is -0.763. The van der Waals surface area contributed by atoms with Crippen LogP contribution in [0.3, 0.4) is 0 Å².